The van der Waals surface area contributed by atoms with Crippen molar-refractivity contribution in [1.29, 1.82) is 0 Å². The number of benzene rings is 2. The summed E-state index contributed by atoms with van der Waals surface area (Å²) in [5.74, 6) is 1.18. The lowest BCUT2D eigenvalue weighted by Gasteiger charge is -2.21. The zero-order valence-electron chi connectivity index (χ0n) is 19.7. The van der Waals surface area contributed by atoms with Gasteiger partial charge in [-0.2, -0.15) is 0 Å². The van der Waals surface area contributed by atoms with E-state index in [1.807, 2.05) is 31.5 Å². The minimum Gasteiger partial charge on any atom is -0.390 e. The molecule has 0 radical (unpaired) electrons. The van der Waals surface area contributed by atoms with Gasteiger partial charge in [-0.1, -0.05) is 12.1 Å². The van der Waals surface area contributed by atoms with E-state index in [0.29, 0.717) is 5.92 Å². The molecule has 0 amide bonds. The van der Waals surface area contributed by atoms with Crippen molar-refractivity contribution in [3.63, 3.8) is 0 Å². The van der Waals surface area contributed by atoms with Crippen LogP contribution in [0.1, 0.15) is 18.9 Å². The Hall–Kier alpha value is -3.71. The van der Waals surface area contributed by atoms with Gasteiger partial charge in [-0.3, -0.25) is 9.56 Å². The second kappa shape index (κ2) is 8.82. The van der Waals surface area contributed by atoms with Crippen molar-refractivity contribution in [3.05, 3.63) is 78.5 Å². The van der Waals surface area contributed by atoms with Crippen molar-refractivity contribution in [3.8, 4) is 28.3 Å². The lowest BCUT2D eigenvalue weighted by atomic mass is 10.1. The van der Waals surface area contributed by atoms with Crippen molar-refractivity contribution in [2.45, 2.75) is 19.9 Å². The molecule has 0 aliphatic carbocycles. The number of aliphatic hydroxyl groups excluding tert-OH is 1. The SMILES string of the molecule is C/C(CO)=N/C[C@H]1CCN(c2ccc3c(c2)Cn2cc(-c4ccc(F)cc4)cc2-c2nccn2-3)C1. The molecule has 0 unspecified atom stereocenters. The molecular formula is C28H28FN5O. The summed E-state index contributed by atoms with van der Waals surface area (Å²) in [5, 5.41) is 9.21. The van der Waals surface area contributed by atoms with Crippen LogP contribution in [-0.4, -0.2) is 51.2 Å². The van der Waals surface area contributed by atoms with Crippen LogP contribution in [0.5, 0.6) is 0 Å². The van der Waals surface area contributed by atoms with Crippen molar-refractivity contribution >= 4 is 11.4 Å². The maximum Gasteiger partial charge on any atom is 0.161 e. The Morgan fingerprint density at radius 2 is 2.00 bits per heavy atom. The monoisotopic (exact) mass is 469 g/mol. The highest BCUT2D eigenvalue weighted by atomic mass is 19.1. The molecule has 2 aromatic heterocycles. The van der Waals surface area contributed by atoms with Gasteiger partial charge in [0.15, 0.2) is 5.82 Å². The molecule has 2 aliphatic heterocycles. The number of aliphatic imine (C=N–C) groups is 1. The summed E-state index contributed by atoms with van der Waals surface area (Å²) in [4.78, 5) is 11.6. The average Bonchev–Trinajstić information content (AvgIpc) is 3.62. The topological polar surface area (TPSA) is 58.6 Å². The highest BCUT2D eigenvalue weighted by Gasteiger charge is 2.25. The number of hydrogen-bond acceptors (Lipinski definition) is 4. The first kappa shape index (κ1) is 21.8. The van der Waals surface area contributed by atoms with Crippen LogP contribution in [0.3, 0.4) is 0 Å². The van der Waals surface area contributed by atoms with Crippen LogP contribution in [0.15, 0.2) is 72.1 Å². The fourth-order valence-corrected chi connectivity index (χ4v) is 5.18. The zero-order chi connectivity index (χ0) is 23.9. The summed E-state index contributed by atoms with van der Waals surface area (Å²) >= 11 is 0. The summed E-state index contributed by atoms with van der Waals surface area (Å²) in [6, 6.07) is 15.5. The first-order valence-electron chi connectivity index (χ1n) is 12.1. The average molecular weight is 470 g/mol. The van der Waals surface area contributed by atoms with Gasteiger partial charge in [0.05, 0.1) is 18.0 Å². The van der Waals surface area contributed by atoms with E-state index in [0.717, 1.165) is 66.6 Å². The van der Waals surface area contributed by atoms with Crippen molar-refractivity contribution in [2.24, 2.45) is 10.9 Å². The highest BCUT2D eigenvalue weighted by Crippen LogP contribution is 2.36. The molecule has 4 heterocycles. The zero-order valence-corrected chi connectivity index (χ0v) is 19.7. The number of aromatic nitrogens is 3. The molecule has 178 valence electrons. The third-order valence-electron chi connectivity index (χ3n) is 7.11. The van der Waals surface area contributed by atoms with Gasteiger partial charge in [0, 0.05) is 61.7 Å². The molecule has 0 bridgehead atoms. The minimum atomic E-state index is -0.231. The summed E-state index contributed by atoms with van der Waals surface area (Å²) in [5.41, 5.74) is 7.49. The van der Waals surface area contributed by atoms with Crippen LogP contribution in [0, 0.1) is 11.7 Å². The summed E-state index contributed by atoms with van der Waals surface area (Å²) in [7, 11) is 0. The first-order chi connectivity index (χ1) is 17.1. The smallest absolute Gasteiger partial charge is 0.161 e. The third-order valence-corrected chi connectivity index (χ3v) is 7.11. The first-order valence-corrected chi connectivity index (χ1v) is 12.1. The predicted octanol–water partition coefficient (Wildman–Crippen LogP) is 4.79. The standard InChI is InChI=1S/C28H28FN5O/c1-19(18-35)31-14-20-8-10-32(15-20)25-6-7-26-23(12-25)17-33-16-22(21-2-4-24(29)5-3-21)13-27(33)28-30-9-11-34(26)28/h2-7,9,11-13,16,20,35H,8,10,14-15,17-18H2,1H3/b31-19-/t20-/m1/s1. The van der Waals surface area contributed by atoms with E-state index in [1.54, 1.807) is 0 Å². The summed E-state index contributed by atoms with van der Waals surface area (Å²) < 4.78 is 17.9. The number of imidazole rings is 1. The Morgan fingerprint density at radius 3 is 2.83 bits per heavy atom. The number of anilines is 1. The fraction of sp³-hybridized carbons (Fsp3) is 0.286. The lowest BCUT2D eigenvalue weighted by Crippen LogP contribution is -2.21. The van der Waals surface area contributed by atoms with Gasteiger partial charge >= 0.3 is 0 Å². The van der Waals surface area contributed by atoms with E-state index < -0.39 is 0 Å². The molecular weight excluding hydrogens is 441 g/mol. The Morgan fingerprint density at radius 1 is 1.14 bits per heavy atom. The largest absolute Gasteiger partial charge is 0.390 e. The Bertz CT molecular complexity index is 1400. The van der Waals surface area contributed by atoms with E-state index in [2.05, 4.69) is 54.5 Å². The number of halogens is 1. The van der Waals surface area contributed by atoms with Gasteiger partial charge in [-0.15, -0.1) is 0 Å². The van der Waals surface area contributed by atoms with E-state index in [4.69, 9.17) is 0 Å². The van der Waals surface area contributed by atoms with E-state index in [-0.39, 0.29) is 12.4 Å². The molecule has 1 fully saturated rings. The van der Waals surface area contributed by atoms with Gasteiger partial charge in [0.25, 0.3) is 0 Å². The number of hydrogen-bond donors (Lipinski definition) is 1. The maximum atomic E-state index is 13.4. The molecule has 2 aliphatic rings. The van der Waals surface area contributed by atoms with E-state index in [9.17, 15) is 9.50 Å². The summed E-state index contributed by atoms with van der Waals surface area (Å²) in [6.45, 7) is 5.39. The van der Waals surface area contributed by atoms with Gasteiger partial charge in [-0.05, 0) is 66.8 Å². The Labute approximate surface area is 204 Å². The van der Waals surface area contributed by atoms with Crippen LogP contribution in [0.25, 0.3) is 28.3 Å². The van der Waals surface area contributed by atoms with Crippen molar-refractivity contribution < 1.29 is 9.50 Å². The van der Waals surface area contributed by atoms with Gasteiger partial charge in [0.1, 0.15) is 5.82 Å². The van der Waals surface area contributed by atoms with E-state index >= 15 is 0 Å². The van der Waals surface area contributed by atoms with Crippen LogP contribution in [-0.2, 0) is 6.54 Å². The van der Waals surface area contributed by atoms with Crippen LogP contribution < -0.4 is 4.90 Å². The second-order valence-corrected chi connectivity index (χ2v) is 9.52. The molecule has 1 N–H and O–H groups in total. The van der Waals surface area contributed by atoms with E-state index in [1.165, 1.54) is 23.4 Å². The van der Waals surface area contributed by atoms with Crippen LogP contribution in [0.2, 0.25) is 0 Å². The molecule has 7 heteroatoms. The predicted molar refractivity (Wildman–Crippen MR) is 137 cm³/mol. The number of rotatable bonds is 5. The fourth-order valence-electron chi connectivity index (χ4n) is 5.18. The van der Waals surface area contributed by atoms with Crippen molar-refractivity contribution in [2.75, 3.05) is 31.1 Å². The Balaban J connectivity index is 1.32. The maximum absolute atomic E-state index is 13.4. The number of fused-ring (bicyclic) bond motifs is 5. The molecule has 6 nitrogen and oxygen atoms in total. The molecule has 2 aromatic carbocycles. The molecule has 1 saturated heterocycles. The molecule has 4 aromatic rings. The lowest BCUT2D eigenvalue weighted by molar-refractivity contribution is 0.356. The Kier molecular flexibility index (Phi) is 5.49. The van der Waals surface area contributed by atoms with Gasteiger partial charge in [-0.25, -0.2) is 9.37 Å². The quantitative estimate of drug-likeness (QED) is 0.377. The van der Waals surface area contributed by atoms with Gasteiger partial charge in [0.2, 0.25) is 0 Å². The number of nitrogens with zero attached hydrogens (tertiary/aromatic N) is 5. The second-order valence-electron chi connectivity index (χ2n) is 9.52. The normalized spacial score (nSPS) is 17.2. The third kappa shape index (κ3) is 4.06. The summed E-state index contributed by atoms with van der Waals surface area (Å²) in [6.07, 6.45) is 7.10. The van der Waals surface area contributed by atoms with Crippen LogP contribution in [0.4, 0.5) is 10.1 Å². The number of aliphatic hydroxyl groups is 1. The molecule has 6 rings (SSSR count). The van der Waals surface area contributed by atoms with Crippen molar-refractivity contribution in [1.82, 2.24) is 14.1 Å². The minimum absolute atomic E-state index is 0.0295. The molecule has 35 heavy (non-hydrogen) atoms. The van der Waals surface area contributed by atoms with Crippen LogP contribution >= 0.6 is 0 Å². The molecule has 0 spiro atoms. The van der Waals surface area contributed by atoms with Gasteiger partial charge < -0.3 is 14.6 Å². The highest BCUT2D eigenvalue weighted by molar-refractivity contribution is 5.82. The molecule has 0 saturated carbocycles. The molecule has 1 atom stereocenters.